The van der Waals surface area contributed by atoms with Crippen LogP contribution in [0.15, 0.2) is 53.5 Å². The SMILES string of the molecule is CCCCC(C(N)=O)C(CC(C)C)C(=O)NC1N=C(c2ccc(Cl)cc2)c2ccccc2N(C)C1=O. The molecule has 2 aromatic carbocycles. The highest BCUT2D eigenvalue weighted by atomic mass is 35.5. The van der Waals surface area contributed by atoms with Crippen LogP contribution < -0.4 is 16.0 Å². The fraction of sp³-hybridized carbons (Fsp3) is 0.429. The average molecular weight is 511 g/mol. The number of nitrogens with zero attached hydrogens (tertiary/aromatic N) is 2. The fourth-order valence-corrected chi connectivity index (χ4v) is 4.75. The lowest BCUT2D eigenvalue weighted by Crippen LogP contribution is -2.50. The first-order valence-corrected chi connectivity index (χ1v) is 12.8. The van der Waals surface area contributed by atoms with Crippen molar-refractivity contribution in [3.8, 4) is 0 Å². The number of benzene rings is 2. The lowest BCUT2D eigenvalue weighted by molar-refractivity contribution is -0.136. The molecule has 0 bridgehead atoms. The van der Waals surface area contributed by atoms with Crippen LogP contribution in [0.5, 0.6) is 0 Å². The van der Waals surface area contributed by atoms with Crippen LogP contribution in [0.4, 0.5) is 5.69 Å². The van der Waals surface area contributed by atoms with Crippen molar-refractivity contribution in [2.75, 3.05) is 11.9 Å². The Hall–Kier alpha value is -3.19. The smallest absolute Gasteiger partial charge is 0.272 e. The molecule has 2 aromatic rings. The van der Waals surface area contributed by atoms with Crippen LogP contribution in [0.25, 0.3) is 0 Å². The summed E-state index contributed by atoms with van der Waals surface area (Å²) in [6.45, 7) is 6.02. The van der Waals surface area contributed by atoms with Crippen molar-refractivity contribution in [2.24, 2.45) is 28.5 Å². The Bertz CT molecular complexity index is 1130. The van der Waals surface area contributed by atoms with Crippen molar-refractivity contribution in [3.05, 3.63) is 64.7 Å². The van der Waals surface area contributed by atoms with E-state index in [0.29, 0.717) is 29.3 Å². The highest BCUT2D eigenvalue weighted by Gasteiger charge is 2.36. The lowest BCUT2D eigenvalue weighted by Gasteiger charge is -2.27. The van der Waals surface area contributed by atoms with Crippen molar-refractivity contribution in [3.63, 3.8) is 0 Å². The summed E-state index contributed by atoms with van der Waals surface area (Å²) in [6.07, 6.45) is 1.52. The molecule has 0 aromatic heterocycles. The zero-order valence-electron chi connectivity index (χ0n) is 21.3. The number of carbonyl (C=O) groups excluding carboxylic acids is 3. The summed E-state index contributed by atoms with van der Waals surface area (Å²) in [6, 6.07) is 14.7. The van der Waals surface area contributed by atoms with E-state index in [1.54, 1.807) is 19.2 Å². The van der Waals surface area contributed by atoms with Gasteiger partial charge in [-0.15, -0.1) is 0 Å². The van der Waals surface area contributed by atoms with Crippen LogP contribution in [-0.4, -0.2) is 36.6 Å². The van der Waals surface area contributed by atoms with E-state index < -0.39 is 23.9 Å². The third kappa shape index (κ3) is 6.32. The van der Waals surface area contributed by atoms with Crippen LogP contribution in [0.3, 0.4) is 0 Å². The summed E-state index contributed by atoms with van der Waals surface area (Å²) in [5, 5.41) is 3.43. The molecule has 1 heterocycles. The molecular formula is C28H35ClN4O3. The van der Waals surface area contributed by atoms with Gasteiger partial charge in [0.25, 0.3) is 5.91 Å². The summed E-state index contributed by atoms with van der Waals surface area (Å²) in [7, 11) is 1.67. The molecule has 1 aliphatic rings. The molecule has 0 aliphatic carbocycles. The van der Waals surface area contributed by atoms with Gasteiger partial charge in [0, 0.05) is 35.0 Å². The monoisotopic (exact) mass is 510 g/mol. The second-order valence-electron chi connectivity index (χ2n) is 9.70. The molecule has 3 rings (SSSR count). The Morgan fingerprint density at radius 3 is 2.39 bits per heavy atom. The summed E-state index contributed by atoms with van der Waals surface area (Å²) in [5.41, 5.74) is 8.53. The lowest BCUT2D eigenvalue weighted by atomic mass is 9.81. The molecule has 1 aliphatic heterocycles. The number of amides is 3. The van der Waals surface area contributed by atoms with Crippen molar-refractivity contribution in [1.29, 1.82) is 0 Å². The van der Waals surface area contributed by atoms with Gasteiger partial charge < -0.3 is 16.0 Å². The predicted molar refractivity (Wildman–Crippen MR) is 144 cm³/mol. The number of unbranched alkanes of at least 4 members (excludes halogenated alkanes) is 1. The van der Waals surface area contributed by atoms with E-state index in [1.165, 1.54) is 4.90 Å². The number of carbonyl (C=O) groups is 3. The summed E-state index contributed by atoms with van der Waals surface area (Å²) in [5.74, 6) is -2.34. The number of para-hydroxylation sites is 1. The van der Waals surface area contributed by atoms with E-state index in [4.69, 9.17) is 22.3 Å². The van der Waals surface area contributed by atoms with Crippen LogP contribution in [-0.2, 0) is 14.4 Å². The number of hydrogen-bond donors (Lipinski definition) is 2. The Morgan fingerprint density at radius 1 is 1.11 bits per heavy atom. The van der Waals surface area contributed by atoms with Gasteiger partial charge in [0.1, 0.15) is 0 Å². The van der Waals surface area contributed by atoms with Crippen molar-refractivity contribution in [1.82, 2.24) is 5.32 Å². The molecule has 3 amide bonds. The molecule has 3 atom stereocenters. The van der Waals surface area contributed by atoms with Gasteiger partial charge in [-0.25, -0.2) is 4.99 Å². The maximum absolute atomic E-state index is 13.6. The molecule has 0 spiro atoms. The van der Waals surface area contributed by atoms with Crippen molar-refractivity contribution < 1.29 is 14.4 Å². The molecule has 192 valence electrons. The average Bonchev–Trinajstić information content (AvgIpc) is 2.94. The molecule has 0 radical (unpaired) electrons. The summed E-state index contributed by atoms with van der Waals surface area (Å²) in [4.78, 5) is 45.7. The number of fused-ring (bicyclic) bond motifs is 1. The third-order valence-corrected chi connectivity index (χ3v) is 6.77. The molecule has 0 fully saturated rings. The molecule has 7 nitrogen and oxygen atoms in total. The van der Waals surface area contributed by atoms with E-state index in [-0.39, 0.29) is 17.7 Å². The van der Waals surface area contributed by atoms with Crippen LogP contribution in [0.1, 0.15) is 57.6 Å². The number of benzodiazepines with no additional fused rings is 1. The number of rotatable bonds is 10. The van der Waals surface area contributed by atoms with Gasteiger partial charge in [0.15, 0.2) is 0 Å². The maximum Gasteiger partial charge on any atom is 0.272 e. The number of nitrogens with two attached hydrogens (primary N) is 1. The second kappa shape index (κ2) is 12.2. The fourth-order valence-electron chi connectivity index (χ4n) is 4.62. The predicted octanol–water partition coefficient (Wildman–Crippen LogP) is 4.55. The minimum atomic E-state index is -1.16. The number of primary amides is 1. The molecule has 0 saturated heterocycles. The van der Waals surface area contributed by atoms with E-state index in [1.807, 2.05) is 57.2 Å². The number of hydrogen-bond acceptors (Lipinski definition) is 4. The summed E-state index contributed by atoms with van der Waals surface area (Å²) >= 11 is 6.10. The normalized spacial score (nSPS) is 17.2. The Balaban J connectivity index is 2.02. The zero-order chi connectivity index (χ0) is 26.4. The number of halogens is 1. The first-order chi connectivity index (χ1) is 17.1. The number of likely N-dealkylation sites (N-methyl/N-ethyl adjacent to an activating group) is 1. The largest absolute Gasteiger partial charge is 0.369 e. The third-order valence-electron chi connectivity index (χ3n) is 6.52. The highest BCUT2D eigenvalue weighted by molar-refractivity contribution is 6.30. The van der Waals surface area contributed by atoms with Crippen molar-refractivity contribution >= 4 is 40.7 Å². The minimum absolute atomic E-state index is 0.161. The Labute approximate surface area is 218 Å². The van der Waals surface area contributed by atoms with Gasteiger partial charge >= 0.3 is 0 Å². The van der Waals surface area contributed by atoms with E-state index in [2.05, 4.69) is 5.32 Å². The van der Waals surface area contributed by atoms with Crippen molar-refractivity contribution in [2.45, 2.75) is 52.6 Å². The van der Waals surface area contributed by atoms with Crippen LogP contribution in [0.2, 0.25) is 5.02 Å². The van der Waals surface area contributed by atoms with Gasteiger partial charge in [-0.05, 0) is 37.0 Å². The van der Waals surface area contributed by atoms with Gasteiger partial charge in [0.2, 0.25) is 18.0 Å². The molecule has 36 heavy (non-hydrogen) atoms. The number of anilines is 1. The Morgan fingerprint density at radius 2 is 1.78 bits per heavy atom. The molecule has 8 heteroatoms. The molecule has 0 saturated carbocycles. The first-order valence-electron chi connectivity index (χ1n) is 12.4. The van der Waals surface area contributed by atoms with E-state index in [9.17, 15) is 14.4 Å². The Kier molecular flexibility index (Phi) is 9.26. The number of nitrogens with one attached hydrogen (secondary N) is 1. The van der Waals surface area contributed by atoms with E-state index >= 15 is 0 Å². The maximum atomic E-state index is 13.6. The van der Waals surface area contributed by atoms with E-state index in [0.717, 1.165) is 24.0 Å². The van der Waals surface area contributed by atoms with Gasteiger partial charge in [-0.3, -0.25) is 14.4 Å². The van der Waals surface area contributed by atoms with Crippen LogP contribution in [0, 0.1) is 17.8 Å². The van der Waals surface area contributed by atoms with Gasteiger partial charge in [-0.2, -0.15) is 0 Å². The molecule has 3 unspecified atom stereocenters. The quantitative estimate of drug-likeness (QED) is 0.489. The van der Waals surface area contributed by atoms with Crippen LogP contribution >= 0.6 is 11.6 Å². The number of aliphatic imine (C=N–C) groups is 1. The molecular weight excluding hydrogens is 476 g/mol. The standard InChI is InChI=1S/C28H35ClN4O3/c1-5-6-9-20(25(30)34)22(16-17(2)3)27(35)32-26-28(36)33(4)23-11-8-7-10-21(23)24(31-26)18-12-14-19(29)15-13-18/h7-8,10-15,17,20,22,26H,5-6,9,16H2,1-4H3,(H2,30,34)(H,32,35). The second-order valence-corrected chi connectivity index (χ2v) is 10.1. The zero-order valence-corrected chi connectivity index (χ0v) is 22.1. The first kappa shape index (κ1) is 27.4. The summed E-state index contributed by atoms with van der Waals surface area (Å²) < 4.78 is 0. The topological polar surface area (TPSA) is 105 Å². The van der Waals surface area contributed by atoms with Gasteiger partial charge in [-0.1, -0.05) is 75.5 Å². The van der Waals surface area contributed by atoms with Gasteiger partial charge in [0.05, 0.1) is 11.4 Å². The highest BCUT2D eigenvalue weighted by Crippen LogP contribution is 2.29. The minimum Gasteiger partial charge on any atom is -0.369 e. The molecule has 3 N–H and O–H groups in total.